The number of aryl methyl sites for hydroxylation is 1. The summed E-state index contributed by atoms with van der Waals surface area (Å²) in [6.07, 6.45) is 0. The van der Waals surface area contributed by atoms with Crippen molar-refractivity contribution < 1.29 is 9.53 Å². The Morgan fingerprint density at radius 3 is 2.61 bits per heavy atom. The monoisotopic (exact) mass is 329 g/mol. The van der Waals surface area contributed by atoms with Crippen LogP contribution in [0.15, 0.2) is 53.4 Å². The molecule has 1 amide bonds. The van der Waals surface area contributed by atoms with Crippen LogP contribution in [-0.4, -0.2) is 24.3 Å². The van der Waals surface area contributed by atoms with Gasteiger partial charge in [0.05, 0.1) is 11.6 Å². The van der Waals surface area contributed by atoms with Gasteiger partial charge in [-0.1, -0.05) is 37.3 Å². The third kappa shape index (κ3) is 5.03. The molecular weight excluding hydrogens is 306 g/mol. The summed E-state index contributed by atoms with van der Waals surface area (Å²) in [4.78, 5) is 13.5. The number of rotatable bonds is 7. The van der Waals surface area contributed by atoms with E-state index in [4.69, 9.17) is 4.74 Å². The summed E-state index contributed by atoms with van der Waals surface area (Å²) in [6.45, 7) is 6.49. The second kappa shape index (κ2) is 8.63. The van der Waals surface area contributed by atoms with Crippen molar-refractivity contribution in [3.63, 3.8) is 0 Å². The molecular formula is C19H23NO2S. The van der Waals surface area contributed by atoms with Crippen molar-refractivity contribution in [1.29, 1.82) is 0 Å². The molecule has 0 heterocycles. The van der Waals surface area contributed by atoms with Crippen LogP contribution in [0.5, 0.6) is 5.75 Å². The Bertz CT molecular complexity index is 657. The van der Waals surface area contributed by atoms with Crippen molar-refractivity contribution in [3.05, 3.63) is 59.7 Å². The smallest absolute Gasteiger partial charge is 0.252 e. The number of nitrogens with one attached hydrogen (secondary N) is 1. The minimum Gasteiger partial charge on any atom is -0.491 e. The van der Waals surface area contributed by atoms with E-state index in [0.29, 0.717) is 6.61 Å². The molecule has 122 valence electrons. The average Bonchev–Trinajstić information content (AvgIpc) is 2.55. The molecule has 1 atom stereocenters. The maximum absolute atomic E-state index is 12.4. The van der Waals surface area contributed by atoms with E-state index in [0.717, 1.165) is 27.5 Å². The molecule has 0 spiro atoms. The van der Waals surface area contributed by atoms with Gasteiger partial charge in [-0.25, -0.2) is 0 Å². The molecule has 2 rings (SSSR count). The number of carbonyl (C=O) groups excluding carboxylic acids is 1. The van der Waals surface area contributed by atoms with E-state index in [1.165, 1.54) is 0 Å². The van der Waals surface area contributed by atoms with Crippen LogP contribution < -0.4 is 10.1 Å². The number of amides is 1. The second-order valence-corrected chi connectivity index (χ2v) is 6.69. The summed E-state index contributed by atoms with van der Waals surface area (Å²) in [5, 5.41) is 3.01. The minimum atomic E-state index is -0.0678. The van der Waals surface area contributed by atoms with Crippen molar-refractivity contribution in [3.8, 4) is 5.75 Å². The zero-order valence-electron chi connectivity index (χ0n) is 13.8. The molecule has 2 aromatic rings. The normalized spacial score (nSPS) is 11.8. The van der Waals surface area contributed by atoms with E-state index in [2.05, 4.69) is 12.2 Å². The van der Waals surface area contributed by atoms with Crippen molar-refractivity contribution in [2.45, 2.75) is 31.7 Å². The highest BCUT2D eigenvalue weighted by molar-refractivity contribution is 7.99. The molecule has 0 aliphatic carbocycles. The topological polar surface area (TPSA) is 38.3 Å². The standard InChI is InChI=1S/C19H23NO2S/c1-4-23-18-12-8-6-10-16(18)19(21)20-15(3)13-22-17-11-7-5-9-14(17)2/h5-12,15H,4,13H2,1-3H3,(H,20,21)/t15-/m0/s1. The summed E-state index contributed by atoms with van der Waals surface area (Å²) in [7, 11) is 0. The van der Waals surface area contributed by atoms with E-state index >= 15 is 0 Å². The molecule has 0 aliphatic rings. The van der Waals surface area contributed by atoms with Gasteiger partial charge in [0.15, 0.2) is 0 Å². The lowest BCUT2D eigenvalue weighted by atomic mass is 10.2. The first kappa shape index (κ1) is 17.4. The molecule has 0 saturated carbocycles. The van der Waals surface area contributed by atoms with Crippen LogP contribution in [0.4, 0.5) is 0 Å². The Morgan fingerprint density at radius 2 is 1.87 bits per heavy atom. The maximum atomic E-state index is 12.4. The summed E-state index contributed by atoms with van der Waals surface area (Å²) in [6, 6.07) is 15.5. The van der Waals surface area contributed by atoms with E-state index in [1.807, 2.05) is 62.4 Å². The number of hydrogen-bond acceptors (Lipinski definition) is 3. The molecule has 0 saturated heterocycles. The van der Waals surface area contributed by atoms with Gasteiger partial charge in [0.25, 0.3) is 5.91 Å². The van der Waals surface area contributed by atoms with Crippen LogP contribution in [0.2, 0.25) is 0 Å². The number of para-hydroxylation sites is 1. The van der Waals surface area contributed by atoms with Crippen LogP contribution >= 0.6 is 11.8 Å². The van der Waals surface area contributed by atoms with E-state index in [-0.39, 0.29) is 11.9 Å². The van der Waals surface area contributed by atoms with Gasteiger partial charge < -0.3 is 10.1 Å². The highest BCUT2D eigenvalue weighted by Gasteiger charge is 2.14. The van der Waals surface area contributed by atoms with Gasteiger partial charge in [-0.3, -0.25) is 4.79 Å². The largest absolute Gasteiger partial charge is 0.491 e. The van der Waals surface area contributed by atoms with Crippen LogP contribution in [0.3, 0.4) is 0 Å². The zero-order chi connectivity index (χ0) is 16.7. The predicted octanol–water partition coefficient (Wildman–Crippen LogP) is 4.30. The fraction of sp³-hybridized carbons (Fsp3) is 0.316. The highest BCUT2D eigenvalue weighted by Crippen LogP contribution is 2.22. The minimum absolute atomic E-state index is 0.0533. The van der Waals surface area contributed by atoms with Crippen molar-refractivity contribution in [2.75, 3.05) is 12.4 Å². The van der Waals surface area contributed by atoms with Gasteiger partial charge in [-0.05, 0) is 43.4 Å². The van der Waals surface area contributed by atoms with E-state index in [9.17, 15) is 4.79 Å². The molecule has 23 heavy (non-hydrogen) atoms. The maximum Gasteiger partial charge on any atom is 0.252 e. The lowest BCUT2D eigenvalue weighted by Gasteiger charge is -2.17. The number of carbonyl (C=O) groups is 1. The zero-order valence-corrected chi connectivity index (χ0v) is 14.7. The Kier molecular flexibility index (Phi) is 6.53. The Hall–Kier alpha value is -1.94. The van der Waals surface area contributed by atoms with Crippen LogP contribution in [0.1, 0.15) is 29.8 Å². The van der Waals surface area contributed by atoms with Gasteiger partial charge in [0, 0.05) is 4.90 Å². The number of hydrogen-bond donors (Lipinski definition) is 1. The fourth-order valence-corrected chi connectivity index (χ4v) is 3.01. The van der Waals surface area contributed by atoms with Gasteiger partial charge in [-0.2, -0.15) is 0 Å². The third-order valence-corrected chi connectivity index (χ3v) is 4.35. The van der Waals surface area contributed by atoms with Crippen LogP contribution in [-0.2, 0) is 0 Å². The Labute approximate surface area is 142 Å². The molecule has 4 heteroatoms. The summed E-state index contributed by atoms with van der Waals surface area (Å²) in [5.41, 5.74) is 1.82. The molecule has 0 bridgehead atoms. The predicted molar refractivity (Wildman–Crippen MR) is 96.4 cm³/mol. The number of ether oxygens (including phenoxy) is 1. The molecule has 0 unspecified atom stereocenters. The van der Waals surface area contributed by atoms with Crippen molar-refractivity contribution >= 4 is 17.7 Å². The van der Waals surface area contributed by atoms with Gasteiger partial charge in [0.1, 0.15) is 12.4 Å². The van der Waals surface area contributed by atoms with Gasteiger partial charge in [0.2, 0.25) is 0 Å². The molecule has 1 N–H and O–H groups in total. The first-order valence-corrected chi connectivity index (χ1v) is 8.81. The molecule has 3 nitrogen and oxygen atoms in total. The molecule has 0 radical (unpaired) electrons. The first-order chi connectivity index (χ1) is 11.1. The Balaban J connectivity index is 1.94. The summed E-state index contributed by atoms with van der Waals surface area (Å²) < 4.78 is 5.79. The number of benzene rings is 2. The fourth-order valence-electron chi connectivity index (χ4n) is 2.21. The lowest BCUT2D eigenvalue weighted by molar-refractivity contribution is 0.0923. The van der Waals surface area contributed by atoms with Gasteiger partial charge >= 0.3 is 0 Å². The molecule has 0 aromatic heterocycles. The van der Waals surface area contributed by atoms with Crippen molar-refractivity contribution in [1.82, 2.24) is 5.32 Å². The first-order valence-electron chi connectivity index (χ1n) is 7.83. The number of thioether (sulfide) groups is 1. The van der Waals surface area contributed by atoms with Crippen LogP contribution in [0.25, 0.3) is 0 Å². The summed E-state index contributed by atoms with van der Waals surface area (Å²) >= 11 is 1.68. The van der Waals surface area contributed by atoms with Crippen molar-refractivity contribution in [2.24, 2.45) is 0 Å². The molecule has 2 aromatic carbocycles. The lowest BCUT2D eigenvalue weighted by Crippen LogP contribution is -2.37. The summed E-state index contributed by atoms with van der Waals surface area (Å²) in [5.74, 6) is 1.74. The Morgan fingerprint density at radius 1 is 1.17 bits per heavy atom. The molecule has 0 fully saturated rings. The molecule has 0 aliphatic heterocycles. The highest BCUT2D eigenvalue weighted by atomic mass is 32.2. The van der Waals surface area contributed by atoms with E-state index < -0.39 is 0 Å². The SMILES string of the molecule is CCSc1ccccc1C(=O)N[C@@H](C)COc1ccccc1C. The average molecular weight is 329 g/mol. The van der Waals surface area contributed by atoms with Gasteiger partial charge in [-0.15, -0.1) is 11.8 Å². The van der Waals surface area contributed by atoms with Crippen LogP contribution in [0, 0.1) is 6.92 Å². The quantitative estimate of drug-likeness (QED) is 0.770. The second-order valence-electron chi connectivity index (χ2n) is 5.38. The van der Waals surface area contributed by atoms with E-state index in [1.54, 1.807) is 11.8 Å². The third-order valence-electron chi connectivity index (χ3n) is 3.39.